The Hall–Kier alpha value is -4.89. The number of aryl methyl sites for hydroxylation is 2. The van der Waals surface area contributed by atoms with Crippen molar-refractivity contribution in [1.29, 1.82) is 5.26 Å². The molecule has 2 heterocycles. The zero-order chi connectivity index (χ0) is 43.6. The summed E-state index contributed by atoms with van der Waals surface area (Å²) in [5.74, 6) is 2.79. The maximum atomic E-state index is 12.8. The third-order valence-corrected chi connectivity index (χ3v) is 11.9. The number of benzene rings is 2. The van der Waals surface area contributed by atoms with E-state index in [1.165, 1.54) is 42.3 Å². The first-order valence-electron chi connectivity index (χ1n) is 16.9. The SMILES string of the molecule is CO[C@H](c1ncc(C)cn1)[C@H](C)S(N)(=O)=O.COc1cccc(OC)c1NC(=S)NS(=O)(=O)[C@@H](C)[C@H](OC)c1ncc(C)cn1.COc1cccc(OC)c1SC#N. The third-order valence-electron chi connectivity index (χ3n) is 7.91. The molecule has 0 bridgehead atoms. The van der Waals surface area contributed by atoms with Crippen LogP contribution in [0, 0.1) is 24.5 Å². The van der Waals surface area contributed by atoms with Crippen LogP contribution in [0.1, 0.15) is 48.8 Å². The molecule has 22 heteroatoms. The Morgan fingerprint density at radius 3 is 1.45 bits per heavy atom. The van der Waals surface area contributed by atoms with E-state index in [9.17, 15) is 16.8 Å². The van der Waals surface area contributed by atoms with Gasteiger partial charge in [-0.05, 0) is 87.1 Å². The molecule has 0 spiro atoms. The number of primary sulfonamides is 1. The minimum atomic E-state index is -3.93. The Morgan fingerprint density at radius 2 is 1.10 bits per heavy atom. The largest absolute Gasteiger partial charge is 0.495 e. The number of thiocyanates is 1. The van der Waals surface area contributed by atoms with E-state index in [4.69, 9.17) is 51.0 Å². The zero-order valence-corrected chi connectivity index (χ0v) is 36.9. The van der Waals surface area contributed by atoms with Gasteiger partial charge in [0.1, 0.15) is 61.7 Å². The van der Waals surface area contributed by atoms with E-state index in [0.717, 1.165) is 27.8 Å². The normalized spacial score (nSPS) is 13.0. The molecule has 58 heavy (non-hydrogen) atoms. The van der Waals surface area contributed by atoms with Gasteiger partial charge in [0.15, 0.2) is 16.8 Å². The summed E-state index contributed by atoms with van der Waals surface area (Å²) < 4.78 is 81.6. The first-order chi connectivity index (χ1) is 27.4. The number of nitriles is 1. The monoisotopic (exact) mass is 880 g/mol. The number of anilines is 1. The van der Waals surface area contributed by atoms with Crippen molar-refractivity contribution in [3.05, 3.63) is 84.0 Å². The molecule has 0 aliphatic rings. The molecule has 2 aromatic carbocycles. The highest BCUT2D eigenvalue weighted by atomic mass is 32.2. The Bertz CT molecular complexity index is 2150. The molecule has 4 atom stereocenters. The van der Waals surface area contributed by atoms with Crippen molar-refractivity contribution in [2.75, 3.05) is 48.0 Å². The predicted molar refractivity (Wildman–Crippen MR) is 224 cm³/mol. The second kappa shape index (κ2) is 23.5. The first-order valence-corrected chi connectivity index (χ1v) is 21.3. The number of sulfonamides is 2. The second-order valence-electron chi connectivity index (χ2n) is 11.9. The van der Waals surface area contributed by atoms with E-state index in [2.05, 4.69) is 30.0 Å². The molecule has 0 unspecified atom stereocenters. The lowest BCUT2D eigenvalue weighted by molar-refractivity contribution is 0.0946. The molecule has 4 rings (SSSR count). The molecule has 0 amide bonds. The van der Waals surface area contributed by atoms with Crippen LogP contribution in [-0.2, 0) is 29.5 Å². The number of thioether (sulfide) groups is 1. The van der Waals surface area contributed by atoms with Crippen molar-refractivity contribution < 1.29 is 45.3 Å². The van der Waals surface area contributed by atoms with Gasteiger partial charge in [0, 0.05) is 39.0 Å². The molecular weight excluding hydrogens is 833 g/mol. The molecule has 2 aromatic heterocycles. The summed E-state index contributed by atoms with van der Waals surface area (Å²) in [5, 5.41) is 16.4. The average molecular weight is 881 g/mol. The van der Waals surface area contributed by atoms with Crippen LogP contribution in [0.15, 0.2) is 66.1 Å². The van der Waals surface area contributed by atoms with Gasteiger partial charge < -0.3 is 33.7 Å². The number of thiocarbonyl (C=S) groups is 1. The first kappa shape index (κ1) is 49.3. The molecule has 0 saturated heterocycles. The number of nitrogens with zero attached hydrogens (tertiary/aromatic N) is 5. The number of para-hydroxylation sites is 1. The highest BCUT2D eigenvalue weighted by Gasteiger charge is 2.34. The molecule has 4 N–H and O–H groups in total. The van der Waals surface area contributed by atoms with Gasteiger partial charge in [-0.3, -0.25) is 4.72 Å². The standard InChI is InChI=1S/C18H24N4O5S2.C9H15N3O3S.C9H9NO2S/c1-11-9-19-17(20-10-11)16(27-5)12(2)29(23,24)22-18(28)21-15-13(25-3)7-6-8-14(15)26-4;1-6-4-11-9(12-5-6)8(15-3)7(2)16(10,13)14;1-11-7-4-3-5-8(12-2)9(7)13-6-10/h6-10,12,16H,1-5H3,(H2,21,22,28);4-5,7-8H,1-3H3,(H2,10,13,14);3-5H,1-2H3/t12-,16-;7-,8-;/m00./s1. The van der Waals surface area contributed by atoms with Crippen LogP contribution in [0.5, 0.6) is 23.0 Å². The molecule has 0 aliphatic carbocycles. The highest BCUT2D eigenvalue weighted by Crippen LogP contribution is 2.37. The van der Waals surface area contributed by atoms with E-state index >= 15 is 0 Å². The quantitative estimate of drug-likeness (QED) is 0.0837. The van der Waals surface area contributed by atoms with Gasteiger partial charge in [0.05, 0.1) is 28.4 Å². The number of aromatic nitrogens is 4. The van der Waals surface area contributed by atoms with E-state index in [1.54, 1.807) is 69.3 Å². The van der Waals surface area contributed by atoms with Crippen LogP contribution < -0.4 is 34.1 Å². The number of nitrogens with one attached hydrogen (secondary N) is 2. The van der Waals surface area contributed by atoms with Crippen molar-refractivity contribution in [1.82, 2.24) is 24.7 Å². The number of hydrogen-bond donors (Lipinski definition) is 3. The van der Waals surface area contributed by atoms with Gasteiger partial charge in [-0.2, -0.15) is 5.26 Å². The molecule has 316 valence electrons. The Balaban J connectivity index is 0.000000335. The molecule has 0 fully saturated rings. The van der Waals surface area contributed by atoms with E-state index in [1.807, 2.05) is 25.3 Å². The summed E-state index contributed by atoms with van der Waals surface area (Å²) in [7, 11) is 1.29. The lowest BCUT2D eigenvalue weighted by Gasteiger charge is -2.23. The highest BCUT2D eigenvalue weighted by molar-refractivity contribution is 8.04. The summed E-state index contributed by atoms with van der Waals surface area (Å²) in [4.78, 5) is 17.1. The fraction of sp³-hybridized carbons (Fsp3) is 0.389. The van der Waals surface area contributed by atoms with Crippen LogP contribution >= 0.6 is 24.0 Å². The topological polar surface area (TPSA) is 249 Å². The molecule has 0 radical (unpaired) electrons. The van der Waals surface area contributed by atoms with E-state index in [-0.39, 0.29) is 10.9 Å². The lowest BCUT2D eigenvalue weighted by atomic mass is 10.2. The van der Waals surface area contributed by atoms with Gasteiger partial charge >= 0.3 is 0 Å². The Morgan fingerprint density at radius 1 is 0.724 bits per heavy atom. The van der Waals surface area contributed by atoms with Gasteiger partial charge in [-0.25, -0.2) is 41.9 Å². The summed E-state index contributed by atoms with van der Waals surface area (Å²) >= 11 is 6.22. The van der Waals surface area contributed by atoms with Crippen molar-refractivity contribution in [2.24, 2.45) is 5.14 Å². The molecule has 18 nitrogen and oxygen atoms in total. The summed E-state index contributed by atoms with van der Waals surface area (Å²) in [6.07, 6.45) is 4.77. The number of nitrogens with two attached hydrogens (primary N) is 1. The van der Waals surface area contributed by atoms with Gasteiger partial charge in [0.25, 0.3) is 0 Å². The average Bonchev–Trinajstić information content (AvgIpc) is 3.20. The van der Waals surface area contributed by atoms with Gasteiger partial charge in [-0.15, -0.1) is 0 Å². The van der Waals surface area contributed by atoms with Crippen molar-refractivity contribution in [3.63, 3.8) is 0 Å². The fourth-order valence-corrected chi connectivity index (χ4v) is 7.42. The molecule has 0 aliphatic heterocycles. The van der Waals surface area contributed by atoms with Gasteiger partial charge in [0.2, 0.25) is 20.0 Å². The summed E-state index contributed by atoms with van der Waals surface area (Å²) in [6, 6.07) is 10.5. The predicted octanol–water partition coefficient (Wildman–Crippen LogP) is 4.62. The van der Waals surface area contributed by atoms with Crippen molar-refractivity contribution in [3.8, 4) is 28.4 Å². The smallest absolute Gasteiger partial charge is 0.240 e. The maximum Gasteiger partial charge on any atom is 0.240 e. The minimum absolute atomic E-state index is 0.140. The molecule has 0 saturated carbocycles. The van der Waals surface area contributed by atoms with Crippen LogP contribution in [0.4, 0.5) is 5.69 Å². The number of hydrogen-bond acceptors (Lipinski definition) is 17. The van der Waals surface area contributed by atoms with Crippen LogP contribution in [0.25, 0.3) is 0 Å². The molecule has 4 aromatic rings. The number of methoxy groups -OCH3 is 6. The van der Waals surface area contributed by atoms with Crippen LogP contribution in [-0.4, -0.2) is 95.0 Å². The molecular formula is C36H48N8O10S4. The summed E-state index contributed by atoms with van der Waals surface area (Å²) in [5.41, 5.74) is 2.15. The zero-order valence-electron chi connectivity index (χ0n) is 33.6. The lowest BCUT2D eigenvalue weighted by Crippen LogP contribution is -2.42. The number of rotatable bonds is 15. The van der Waals surface area contributed by atoms with E-state index < -0.39 is 42.8 Å². The van der Waals surface area contributed by atoms with Crippen LogP contribution in [0.2, 0.25) is 0 Å². The van der Waals surface area contributed by atoms with Crippen LogP contribution in [0.3, 0.4) is 0 Å². The maximum absolute atomic E-state index is 12.8. The van der Waals surface area contributed by atoms with Crippen molar-refractivity contribution >= 4 is 54.8 Å². The second-order valence-corrected chi connectivity index (χ2v) is 17.0. The fourth-order valence-electron chi connectivity index (χ4n) is 4.75. The van der Waals surface area contributed by atoms with E-state index in [0.29, 0.717) is 34.5 Å². The number of ether oxygens (including phenoxy) is 6. The Labute approximate surface area is 349 Å². The third kappa shape index (κ3) is 14.2. The summed E-state index contributed by atoms with van der Waals surface area (Å²) in [6.45, 7) is 6.64. The minimum Gasteiger partial charge on any atom is -0.495 e. The van der Waals surface area contributed by atoms with Crippen molar-refractivity contribution in [2.45, 2.75) is 55.3 Å². The Kier molecular flexibility index (Phi) is 20.0. The van der Waals surface area contributed by atoms with Gasteiger partial charge in [-0.1, -0.05) is 12.1 Å².